The van der Waals surface area contributed by atoms with Gasteiger partial charge in [-0.2, -0.15) is 0 Å². The number of hydrogen-bond donors (Lipinski definition) is 0. The summed E-state index contributed by atoms with van der Waals surface area (Å²) >= 11 is 11.1. The topological polar surface area (TPSA) is 39.4 Å². The average molecular weight is 452 g/mol. The lowest BCUT2D eigenvalue weighted by Gasteiger charge is -2.06. The first-order chi connectivity index (χ1) is 12.4. The lowest BCUT2D eigenvalue weighted by atomic mass is 10.1. The fraction of sp³-hybridized carbons (Fsp3) is 0.150. The Morgan fingerprint density at radius 2 is 2.08 bits per heavy atom. The zero-order valence-corrected chi connectivity index (χ0v) is 17.4. The van der Waals surface area contributed by atoms with Gasteiger partial charge >= 0.3 is 0 Å². The first-order valence-corrected chi connectivity index (χ1v) is 9.87. The summed E-state index contributed by atoms with van der Waals surface area (Å²) in [6.07, 6.45) is 3.20. The lowest BCUT2D eigenvalue weighted by molar-refractivity contribution is 0.104. The Labute approximate surface area is 169 Å². The second-order valence-corrected chi connectivity index (χ2v) is 8.48. The van der Waals surface area contributed by atoms with E-state index >= 15 is 0 Å². The fourth-order valence-corrected chi connectivity index (χ4v) is 4.08. The van der Waals surface area contributed by atoms with E-state index in [9.17, 15) is 4.79 Å². The SMILES string of the molecule is Cc1cc(C(=O)/C=C/c2ccc(COc3ccc(Br)cc3Cl)o2)c(C)s1. The Kier molecular flexibility index (Phi) is 6.01. The molecule has 134 valence electrons. The zero-order chi connectivity index (χ0) is 18.7. The fourth-order valence-electron chi connectivity index (χ4n) is 2.43. The van der Waals surface area contributed by atoms with Crippen LogP contribution in [0.3, 0.4) is 0 Å². The van der Waals surface area contributed by atoms with Crippen molar-refractivity contribution in [1.82, 2.24) is 0 Å². The van der Waals surface area contributed by atoms with Crippen molar-refractivity contribution >= 4 is 50.7 Å². The third-order valence-corrected chi connectivity index (χ3v) is 5.41. The summed E-state index contributed by atoms with van der Waals surface area (Å²) in [5, 5.41) is 0.526. The lowest BCUT2D eigenvalue weighted by Crippen LogP contribution is -1.94. The Hall–Kier alpha value is -1.82. The molecule has 0 bridgehead atoms. The molecular weight excluding hydrogens is 436 g/mol. The van der Waals surface area contributed by atoms with Gasteiger partial charge in [-0.3, -0.25) is 4.79 Å². The van der Waals surface area contributed by atoms with Crippen molar-refractivity contribution in [3.63, 3.8) is 0 Å². The van der Waals surface area contributed by atoms with Crippen molar-refractivity contribution < 1.29 is 13.9 Å². The Bertz CT molecular complexity index is 971. The standard InChI is InChI=1S/C20H16BrClO3S/c1-12-9-17(13(2)26-12)19(23)7-6-15-4-5-16(25-15)11-24-20-8-3-14(21)10-18(20)22/h3-10H,11H2,1-2H3/b7-6+. The number of carbonyl (C=O) groups is 1. The van der Waals surface area contributed by atoms with Gasteiger partial charge in [0.2, 0.25) is 0 Å². The second kappa shape index (κ2) is 8.25. The minimum atomic E-state index is -0.0253. The van der Waals surface area contributed by atoms with Gasteiger partial charge in [0.25, 0.3) is 0 Å². The van der Waals surface area contributed by atoms with Crippen LogP contribution in [0.4, 0.5) is 0 Å². The number of thiophene rings is 1. The van der Waals surface area contributed by atoms with E-state index in [-0.39, 0.29) is 12.4 Å². The van der Waals surface area contributed by atoms with Gasteiger partial charge in [-0.1, -0.05) is 27.5 Å². The van der Waals surface area contributed by atoms with Crippen LogP contribution < -0.4 is 4.74 Å². The Morgan fingerprint density at radius 1 is 1.27 bits per heavy atom. The molecule has 6 heteroatoms. The maximum atomic E-state index is 12.3. The molecule has 3 rings (SSSR count). The number of allylic oxidation sites excluding steroid dienone is 1. The predicted molar refractivity (Wildman–Crippen MR) is 109 cm³/mol. The smallest absolute Gasteiger partial charge is 0.187 e. The molecule has 0 fully saturated rings. The van der Waals surface area contributed by atoms with Crippen LogP contribution in [0.1, 0.15) is 31.6 Å². The molecular formula is C20H16BrClO3S. The molecule has 0 spiro atoms. The quantitative estimate of drug-likeness (QED) is 0.304. The van der Waals surface area contributed by atoms with E-state index in [1.54, 1.807) is 35.6 Å². The maximum absolute atomic E-state index is 12.3. The number of furan rings is 1. The first kappa shape index (κ1) is 19.0. The van der Waals surface area contributed by atoms with Crippen molar-refractivity contribution in [3.8, 4) is 5.75 Å². The molecule has 0 saturated heterocycles. The highest BCUT2D eigenvalue weighted by Gasteiger charge is 2.10. The highest BCUT2D eigenvalue weighted by atomic mass is 79.9. The maximum Gasteiger partial charge on any atom is 0.187 e. The molecule has 0 amide bonds. The molecule has 0 aliphatic rings. The molecule has 0 N–H and O–H groups in total. The van der Waals surface area contributed by atoms with E-state index in [1.807, 2.05) is 32.0 Å². The molecule has 1 aromatic carbocycles. The van der Waals surface area contributed by atoms with Gasteiger partial charge in [0.15, 0.2) is 5.78 Å². The molecule has 0 aliphatic heterocycles. The molecule has 3 aromatic rings. The van der Waals surface area contributed by atoms with Gasteiger partial charge in [0.1, 0.15) is 23.9 Å². The van der Waals surface area contributed by atoms with Crippen LogP contribution in [0, 0.1) is 13.8 Å². The van der Waals surface area contributed by atoms with Gasteiger partial charge in [-0.25, -0.2) is 0 Å². The van der Waals surface area contributed by atoms with Gasteiger partial charge < -0.3 is 9.15 Å². The van der Waals surface area contributed by atoms with Gasteiger partial charge in [-0.15, -0.1) is 11.3 Å². The summed E-state index contributed by atoms with van der Waals surface area (Å²) in [6.45, 7) is 4.20. The monoisotopic (exact) mass is 450 g/mol. The number of aryl methyl sites for hydroxylation is 2. The zero-order valence-electron chi connectivity index (χ0n) is 14.2. The van der Waals surface area contributed by atoms with Crippen molar-refractivity contribution in [3.05, 3.63) is 78.8 Å². The van der Waals surface area contributed by atoms with E-state index in [4.69, 9.17) is 20.8 Å². The van der Waals surface area contributed by atoms with E-state index in [0.717, 1.165) is 19.8 Å². The van der Waals surface area contributed by atoms with Gasteiger partial charge in [0.05, 0.1) is 5.02 Å². The number of carbonyl (C=O) groups excluding carboxylic acids is 1. The van der Waals surface area contributed by atoms with Crippen LogP contribution in [0.5, 0.6) is 5.75 Å². The van der Waals surface area contributed by atoms with Gasteiger partial charge in [0, 0.05) is 19.8 Å². The van der Waals surface area contributed by atoms with E-state index in [1.165, 1.54) is 6.08 Å². The number of rotatable bonds is 6. The number of ketones is 1. The minimum absolute atomic E-state index is 0.0253. The summed E-state index contributed by atoms with van der Waals surface area (Å²) in [5.74, 6) is 1.81. The average Bonchev–Trinajstić information content (AvgIpc) is 3.18. The number of halogens is 2. The Balaban J connectivity index is 1.62. The molecule has 0 radical (unpaired) electrons. The van der Waals surface area contributed by atoms with Crippen LogP contribution in [0.2, 0.25) is 5.02 Å². The molecule has 0 unspecified atom stereocenters. The van der Waals surface area contributed by atoms with Crippen molar-refractivity contribution in [2.75, 3.05) is 0 Å². The second-order valence-electron chi connectivity index (χ2n) is 5.69. The van der Waals surface area contributed by atoms with Crippen molar-refractivity contribution in [2.24, 2.45) is 0 Å². The van der Waals surface area contributed by atoms with E-state index in [2.05, 4.69) is 15.9 Å². The molecule has 26 heavy (non-hydrogen) atoms. The van der Waals surface area contributed by atoms with Crippen LogP contribution >= 0.6 is 38.9 Å². The number of ether oxygens (including phenoxy) is 1. The van der Waals surface area contributed by atoms with Crippen LogP contribution in [-0.4, -0.2) is 5.78 Å². The summed E-state index contributed by atoms with van der Waals surface area (Å²) < 4.78 is 12.2. The molecule has 2 heterocycles. The minimum Gasteiger partial charge on any atom is -0.484 e. The van der Waals surface area contributed by atoms with Crippen molar-refractivity contribution in [2.45, 2.75) is 20.5 Å². The largest absolute Gasteiger partial charge is 0.484 e. The Morgan fingerprint density at radius 3 is 2.77 bits per heavy atom. The van der Waals surface area contributed by atoms with E-state index < -0.39 is 0 Å². The summed E-state index contributed by atoms with van der Waals surface area (Å²) in [5.41, 5.74) is 0.740. The number of benzene rings is 1. The highest BCUT2D eigenvalue weighted by molar-refractivity contribution is 9.10. The number of hydrogen-bond acceptors (Lipinski definition) is 4. The molecule has 3 nitrogen and oxygen atoms in total. The molecule has 0 aliphatic carbocycles. The van der Waals surface area contributed by atoms with Crippen LogP contribution in [0.15, 0.2) is 51.4 Å². The molecule has 0 atom stereocenters. The molecule has 2 aromatic heterocycles. The first-order valence-electron chi connectivity index (χ1n) is 7.88. The van der Waals surface area contributed by atoms with Crippen molar-refractivity contribution in [1.29, 1.82) is 0 Å². The summed E-state index contributed by atoms with van der Waals surface area (Å²) in [4.78, 5) is 14.4. The van der Waals surface area contributed by atoms with Crippen LogP contribution in [0.25, 0.3) is 6.08 Å². The van der Waals surface area contributed by atoms with Crippen LogP contribution in [-0.2, 0) is 6.61 Å². The third kappa shape index (κ3) is 4.67. The van der Waals surface area contributed by atoms with E-state index in [0.29, 0.717) is 22.3 Å². The predicted octanol–water partition coefficient (Wildman–Crippen LogP) is 6.85. The molecule has 0 saturated carbocycles. The summed E-state index contributed by atoms with van der Waals surface area (Å²) in [7, 11) is 0. The normalized spacial score (nSPS) is 11.2. The summed E-state index contributed by atoms with van der Waals surface area (Å²) in [6, 6.07) is 11.0. The highest BCUT2D eigenvalue weighted by Crippen LogP contribution is 2.28. The third-order valence-electron chi connectivity index (χ3n) is 3.65. The van der Waals surface area contributed by atoms with Gasteiger partial charge in [-0.05, 0) is 62.4 Å².